The first-order valence-corrected chi connectivity index (χ1v) is 36.1. The molecule has 0 aromatic carbocycles. The van der Waals surface area contributed by atoms with Crippen molar-refractivity contribution < 1.29 is 38.9 Å². The minimum absolute atomic E-state index is 0.159. The number of hydrogen-bond acceptors (Lipinski definition) is 8. The van der Waals surface area contributed by atoms with E-state index >= 15 is 0 Å². The lowest BCUT2D eigenvalue weighted by Gasteiger charge is -2.39. The predicted octanol–water partition coefficient (Wildman–Crippen LogP) is 17.7. The van der Waals surface area contributed by atoms with E-state index in [1.54, 1.807) is 12.2 Å². The van der Waals surface area contributed by atoms with Crippen LogP contribution < -0.4 is 0 Å². The molecule has 2 aliphatic carbocycles. The molecule has 2 rings (SSSR count). The van der Waals surface area contributed by atoms with E-state index in [0.29, 0.717) is 19.8 Å². The normalized spacial score (nSPS) is 17.9. The van der Waals surface area contributed by atoms with Gasteiger partial charge < -0.3 is 29.3 Å². The lowest BCUT2D eigenvalue weighted by molar-refractivity contribution is -0.112. The van der Waals surface area contributed by atoms with Crippen molar-refractivity contribution in [2.24, 2.45) is 11.8 Å². The van der Waals surface area contributed by atoms with E-state index in [9.17, 15) is 9.59 Å². The van der Waals surface area contributed by atoms with Gasteiger partial charge >= 0.3 is 0 Å². The van der Waals surface area contributed by atoms with Crippen molar-refractivity contribution in [3.05, 3.63) is 96.7 Å². The standard InChI is InChI=1S/C26H46O3Si.C22H38O2Si.C10H20O2.C8H16O/c1-7-8-12-16-23(29-30(5,6)26(2,3)4)18-19-24-22(17-20-25(24)28)15-13-10-9-11-14-21-27;1-8-10-11-13-19(24-25(6,7)22(3,4)5)15-16-20-18(12-9-2)14-17-21(20)23;11-9-7-5-3-1-2-4-6-8-10-12;1-2-3-4-5-6-7-8-9/h10,13,17,19-20,22-23,27H,7-9,11-12,14-16,18,21H2,1-6H3;9,14,16-19H,2,8,10-13,15H2,1,3-7H3;1-2,11-12H,3-10H2;3-4,9H,2,5-8H2,1H3/b13-10-,24-19+;20-16+;2-1-;4-3-/t22-,23-;18-,19-;;/m00../s1. The van der Waals surface area contributed by atoms with Crippen LogP contribution in [-0.2, 0) is 18.4 Å². The molecule has 0 bridgehead atoms. The Morgan fingerprint density at radius 2 is 0.855 bits per heavy atom. The van der Waals surface area contributed by atoms with Gasteiger partial charge in [-0.1, -0.05) is 168 Å². The van der Waals surface area contributed by atoms with Crippen LogP contribution in [0.5, 0.6) is 0 Å². The molecule has 76 heavy (non-hydrogen) atoms. The van der Waals surface area contributed by atoms with Gasteiger partial charge in [0.15, 0.2) is 28.2 Å². The van der Waals surface area contributed by atoms with Crippen LogP contribution in [0.15, 0.2) is 96.7 Å². The monoisotopic (exact) mass is 1100 g/mol. The van der Waals surface area contributed by atoms with Gasteiger partial charge in [0.2, 0.25) is 0 Å². The molecule has 0 unspecified atom stereocenters. The molecule has 0 fully saturated rings. The van der Waals surface area contributed by atoms with Crippen LogP contribution in [0.2, 0.25) is 36.3 Å². The lowest BCUT2D eigenvalue weighted by atomic mass is 9.95. The molecule has 0 aromatic heterocycles. The van der Waals surface area contributed by atoms with E-state index in [-0.39, 0.29) is 52.3 Å². The van der Waals surface area contributed by atoms with Crippen molar-refractivity contribution in [3.63, 3.8) is 0 Å². The van der Waals surface area contributed by atoms with E-state index in [0.717, 1.165) is 133 Å². The molecule has 0 saturated carbocycles. The number of rotatable bonds is 37. The second kappa shape index (κ2) is 46.2. The Hall–Kier alpha value is -2.55. The maximum absolute atomic E-state index is 12.4. The Morgan fingerprint density at radius 1 is 0.513 bits per heavy atom. The van der Waals surface area contributed by atoms with Crippen molar-refractivity contribution in [3.8, 4) is 0 Å². The second-order valence-corrected chi connectivity index (χ2v) is 33.4. The first-order valence-electron chi connectivity index (χ1n) is 30.3. The van der Waals surface area contributed by atoms with E-state index in [4.69, 9.17) is 29.3 Å². The fraction of sp³-hybridized carbons (Fsp3) is 0.727. The van der Waals surface area contributed by atoms with Gasteiger partial charge in [0.05, 0.1) is 0 Å². The van der Waals surface area contributed by atoms with Crippen molar-refractivity contribution in [2.75, 3.05) is 26.4 Å². The number of aliphatic hydroxyl groups excluding tert-OH is 4. The number of carbonyl (C=O) groups is 2. The minimum atomic E-state index is -1.83. The maximum atomic E-state index is 12.4. The Labute approximate surface area is 471 Å². The highest BCUT2D eigenvalue weighted by Crippen LogP contribution is 2.40. The molecule has 440 valence electrons. The summed E-state index contributed by atoms with van der Waals surface area (Å²) in [5, 5.41) is 34.6. The third-order valence-corrected chi connectivity index (χ3v) is 24.1. The number of ketones is 2. The Balaban J connectivity index is 0. The molecule has 4 atom stereocenters. The van der Waals surface area contributed by atoms with Crippen LogP contribution in [0.3, 0.4) is 0 Å². The number of allylic oxidation sites excluding steroid dienone is 13. The number of hydrogen-bond donors (Lipinski definition) is 4. The Kier molecular flexibility index (Phi) is 45.9. The second-order valence-electron chi connectivity index (χ2n) is 23.9. The van der Waals surface area contributed by atoms with E-state index in [1.807, 2.05) is 18.2 Å². The highest BCUT2D eigenvalue weighted by molar-refractivity contribution is 6.74. The average Bonchev–Trinajstić information content (AvgIpc) is 3.90. The summed E-state index contributed by atoms with van der Waals surface area (Å²) >= 11 is 0. The third kappa shape index (κ3) is 37.3. The van der Waals surface area contributed by atoms with Crippen LogP contribution in [0.1, 0.15) is 223 Å². The molecule has 0 aromatic rings. The van der Waals surface area contributed by atoms with Crippen LogP contribution in [-0.4, -0.2) is 87.3 Å². The first kappa shape index (κ1) is 75.5. The average molecular weight is 1100 g/mol. The van der Waals surface area contributed by atoms with E-state index < -0.39 is 16.6 Å². The van der Waals surface area contributed by atoms with E-state index in [2.05, 4.69) is 144 Å². The smallest absolute Gasteiger partial charge is 0.192 e. The predicted molar refractivity (Wildman–Crippen MR) is 334 cm³/mol. The van der Waals surface area contributed by atoms with Crippen LogP contribution in [0, 0.1) is 11.8 Å². The molecule has 0 radical (unpaired) electrons. The molecule has 0 amide bonds. The number of carbonyl (C=O) groups excluding carboxylic acids is 2. The van der Waals surface area contributed by atoms with Crippen molar-refractivity contribution in [2.45, 2.75) is 271 Å². The van der Waals surface area contributed by atoms with Crippen molar-refractivity contribution in [1.82, 2.24) is 0 Å². The topological polar surface area (TPSA) is 134 Å². The third-order valence-electron chi connectivity index (χ3n) is 15.0. The summed E-state index contributed by atoms with van der Waals surface area (Å²) in [6.45, 7) is 34.6. The fourth-order valence-electron chi connectivity index (χ4n) is 8.04. The molecule has 2 aliphatic rings. The van der Waals surface area contributed by atoms with Crippen molar-refractivity contribution in [1.29, 1.82) is 0 Å². The zero-order valence-electron chi connectivity index (χ0n) is 51.5. The highest BCUT2D eigenvalue weighted by Gasteiger charge is 2.40. The maximum Gasteiger partial charge on any atom is 0.192 e. The molecule has 0 saturated heterocycles. The van der Waals surface area contributed by atoms with Crippen LogP contribution in [0.4, 0.5) is 0 Å². The summed E-state index contributed by atoms with van der Waals surface area (Å²) in [6.07, 6.45) is 53.2. The SMILES string of the molecule is C=CC[C@H]1C=CC(=O)/C1=C/C[C@H](CCCCC)O[Si](C)(C)C(C)(C)C.CC/C=C\CCCCO.CCCCC[C@@H](C/C=C1/C(=O)C=C[C@@H]1C/C=C\CCCCO)O[Si](C)(C)C(C)(C)C.OCCCC/C=C\CCCCO. The summed E-state index contributed by atoms with van der Waals surface area (Å²) in [6, 6.07) is 0. The lowest BCUT2D eigenvalue weighted by Crippen LogP contribution is -2.43. The Morgan fingerprint density at radius 3 is 1.17 bits per heavy atom. The van der Waals surface area contributed by atoms with E-state index in [1.165, 1.54) is 38.5 Å². The molecular weight excluding hydrogens is 977 g/mol. The first-order chi connectivity index (χ1) is 36.1. The molecule has 0 aliphatic heterocycles. The molecule has 0 heterocycles. The van der Waals surface area contributed by atoms with Gasteiger partial charge in [0.1, 0.15) is 0 Å². The quantitative estimate of drug-likeness (QED) is 0.0209. The molecule has 4 N–H and O–H groups in total. The van der Waals surface area contributed by atoms with Gasteiger partial charge in [0, 0.05) is 61.6 Å². The van der Waals surface area contributed by atoms with Gasteiger partial charge in [-0.15, -0.1) is 6.58 Å². The number of aliphatic hydroxyl groups is 4. The summed E-state index contributed by atoms with van der Waals surface area (Å²) in [5.74, 6) is 0.713. The fourth-order valence-corrected chi connectivity index (χ4v) is 10.8. The summed E-state index contributed by atoms with van der Waals surface area (Å²) < 4.78 is 13.4. The van der Waals surface area contributed by atoms with Crippen molar-refractivity contribution >= 4 is 28.2 Å². The summed E-state index contributed by atoms with van der Waals surface area (Å²) in [4.78, 5) is 24.6. The van der Waals surface area contributed by atoms with Crippen LogP contribution >= 0.6 is 0 Å². The van der Waals surface area contributed by atoms with Crippen LogP contribution in [0.25, 0.3) is 0 Å². The highest BCUT2D eigenvalue weighted by atomic mass is 28.4. The molecule has 8 nitrogen and oxygen atoms in total. The number of unbranched alkanes of at least 4 members (excludes halogenated alkanes) is 12. The molecule has 10 heteroatoms. The van der Waals surface area contributed by atoms with Gasteiger partial charge in [0.25, 0.3) is 0 Å². The molecular formula is C66H120O8Si2. The van der Waals surface area contributed by atoms with Gasteiger partial charge in [-0.3, -0.25) is 9.59 Å². The van der Waals surface area contributed by atoms with Gasteiger partial charge in [-0.05, 0) is 170 Å². The Bertz CT molecular complexity index is 1680. The summed E-state index contributed by atoms with van der Waals surface area (Å²) in [7, 11) is -3.63. The minimum Gasteiger partial charge on any atom is -0.414 e. The summed E-state index contributed by atoms with van der Waals surface area (Å²) in [5.41, 5.74) is 1.87. The largest absolute Gasteiger partial charge is 0.414 e. The van der Waals surface area contributed by atoms with Gasteiger partial charge in [-0.25, -0.2) is 0 Å². The zero-order valence-corrected chi connectivity index (χ0v) is 53.5. The zero-order chi connectivity index (χ0) is 57.7. The molecule has 0 spiro atoms. The van der Waals surface area contributed by atoms with Gasteiger partial charge in [-0.2, -0.15) is 0 Å².